The number of hydrogen-bond donors (Lipinski definition) is 1. The van der Waals surface area contributed by atoms with Crippen molar-refractivity contribution in [2.75, 3.05) is 23.4 Å². The average Bonchev–Trinajstić information content (AvgIpc) is 2.63. The fraction of sp³-hybridized carbons (Fsp3) is 0.350. The Morgan fingerprint density at radius 2 is 1.72 bits per heavy atom. The lowest BCUT2D eigenvalue weighted by Crippen LogP contribution is -2.17. The van der Waals surface area contributed by atoms with Crippen LogP contribution >= 0.6 is 27.7 Å². The van der Waals surface area contributed by atoms with Gasteiger partial charge in [0.05, 0.1) is 12.4 Å². The summed E-state index contributed by atoms with van der Waals surface area (Å²) in [5.74, 6) is 2.10. The van der Waals surface area contributed by atoms with Gasteiger partial charge in [-0.2, -0.15) is 0 Å². The van der Waals surface area contributed by atoms with Crippen molar-refractivity contribution >= 4 is 39.3 Å². The van der Waals surface area contributed by atoms with Gasteiger partial charge in [-0.05, 0) is 48.2 Å². The molecule has 134 valence electrons. The minimum absolute atomic E-state index is 0.0456. The highest BCUT2D eigenvalue weighted by Gasteiger charge is 2.10. The molecule has 0 fully saturated rings. The second-order valence-electron chi connectivity index (χ2n) is 5.56. The maximum absolute atomic E-state index is 12.2. The van der Waals surface area contributed by atoms with Crippen LogP contribution in [0, 0.1) is 0 Å². The largest absolute Gasteiger partial charge is 0.493 e. The van der Waals surface area contributed by atoms with Crippen LogP contribution < -0.4 is 10.1 Å². The Kier molecular flexibility index (Phi) is 8.35. The first-order valence-electron chi connectivity index (χ1n) is 8.50. The van der Waals surface area contributed by atoms with Crippen molar-refractivity contribution in [3.63, 3.8) is 0 Å². The van der Waals surface area contributed by atoms with Crippen molar-refractivity contribution in [1.82, 2.24) is 0 Å². The van der Waals surface area contributed by atoms with Crippen molar-refractivity contribution in [2.45, 2.75) is 26.7 Å². The molecule has 2 aromatic rings. The van der Waals surface area contributed by atoms with E-state index in [2.05, 4.69) is 53.3 Å². The third-order valence-electron chi connectivity index (χ3n) is 3.81. The van der Waals surface area contributed by atoms with E-state index >= 15 is 0 Å². The van der Waals surface area contributed by atoms with Gasteiger partial charge >= 0.3 is 0 Å². The number of anilines is 1. The van der Waals surface area contributed by atoms with Crippen LogP contribution in [0.2, 0.25) is 0 Å². The van der Waals surface area contributed by atoms with Gasteiger partial charge in [-0.3, -0.25) is 4.79 Å². The van der Waals surface area contributed by atoms with Crippen LogP contribution in [-0.4, -0.2) is 24.0 Å². The Morgan fingerprint density at radius 3 is 2.32 bits per heavy atom. The van der Waals surface area contributed by atoms with Crippen molar-refractivity contribution in [1.29, 1.82) is 0 Å². The van der Waals surface area contributed by atoms with Crippen LogP contribution in [0.15, 0.2) is 46.9 Å². The number of amides is 1. The monoisotopic (exact) mass is 421 g/mol. The number of para-hydroxylation sites is 1. The number of ether oxygens (including phenoxy) is 1. The highest BCUT2D eigenvalue weighted by Crippen LogP contribution is 2.23. The number of benzene rings is 2. The van der Waals surface area contributed by atoms with Crippen molar-refractivity contribution < 1.29 is 9.53 Å². The number of rotatable bonds is 9. The molecule has 3 nitrogen and oxygen atoms in total. The molecule has 25 heavy (non-hydrogen) atoms. The molecule has 0 aromatic heterocycles. The molecule has 0 saturated heterocycles. The minimum Gasteiger partial charge on any atom is -0.493 e. The summed E-state index contributed by atoms with van der Waals surface area (Å²) >= 11 is 4.98. The minimum atomic E-state index is 0.0456. The number of carbonyl (C=O) groups is 1. The molecule has 2 aromatic carbocycles. The predicted molar refractivity (Wildman–Crippen MR) is 111 cm³/mol. The first-order valence-corrected chi connectivity index (χ1v) is 10.5. The Labute approximate surface area is 162 Å². The number of thioether (sulfide) groups is 1. The Bertz CT molecular complexity index is 666. The van der Waals surface area contributed by atoms with Crippen molar-refractivity contribution in [2.24, 2.45) is 0 Å². The molecule has 0 atom stereocenters. The zero-order valence-electron chi connectivity index (χ0n) is 14.7. The van der Waals surface area contributed by atoms with Crippen LogP contribution in [0.5, 0.6) is 5.75 Å². The number of carbonyl (C=O) groups excluding carboxylic acids is 1. The Hall–Kier alpha value is -1.46. The predicted octanol–water partition coefficient (Wildman–Crippen LogP) is 5.32. The molecular weight excluding hydrogens is 398 g/mol. The van der Waals surface area contributed by atoms with Gasteiger partial charge in [0.25, 0.3) is 0 Å². The molecule has 2 rings (SSSR count). The summed E-state index contributed by atoms with van der Waals surface area (Å²) in [6, 6.07) is 14.0. The molecule has 5 heteroatoms. The number of nitrogens with one attached hydrogen (secondary N) is 1. The van der Waals surface area contributed by atoms with Gasteiger partial charge in [0, 0.05) is 15.9 Å². The van der Waals surface area contributed by atoms with E-state index in [0.29, 0.717) is 12.4 Å². The number of hydrogen-bond acceptors (Lipinski definition) is 3. The summed E-state index contributed by atoms with van der Waals surface area (Å²) < 4.78 is 6.69. The van der Waals surface area contributed by atoms with Gasteiger partial charge < -0.3 is 10.1 Å². The molecule has 1 amide bonds. The molecular formula is C20H24BrNO2S. The summed E-state index contributed by atoms with van der Waals surface area (Å²) in [5.41, 5.74) is 3.37. The van der Waals surface area contributed by atoms with Gasteiger partial charge in [-0.25, -0.2) is 0 Å². The van der Waals surface area contributed by atoms with Crippen molar-refractivity contribution in [3.8, 4) is 5.75 Å². The van der Waals surface area contributed by atoms with E-state index in [9.17, 15) is 4.79 Å². The lowest BCUT2D eigenvalue weighted by atomic mass is 10.0. The molecule has 0 unspecified atom stereocenters. The molecule has 0 aliphatic carbocycles. The van der Waals surface area contributed by atoms with Gasteiger partial charge in [-0.1, -0.05) is 48.0 Å². The van der Waals surface area contributed by atoms with Crippen LogP contribution in [0.4, 0.5) is 5.69 Å². The molecule has 0 heterocycles. The van der Waals surface area contributed by atoms with Crippen LogP contribution in [-0.2, 0) is 17.6 Å². The smallest absolute Gasteiger partial charge is 0.234 e. The van der Waals surface area contributed by atoms with Gasteiger partial charge in [-0.15, -0.1) is 11.8 Å². The third-order valence-corrected chi connectivity index (χ3v) is 5.26. The van der Waals surface area contributed by atoms with E-state index in [-0.39, 0.29) is 5.91 Å². The molecule has 0 aliphatic rings. The topological polar surface area (TPSA) is 38.3 Å². The normalized spacial score (nSPS) is 10.5. The zero-order valence-corrected chi connectivity index (χ0v) is 17.1. The quantitative estimate of drug-likeness (QED) is 0.556. The molecule has 0 spiro atoms. The maximum atomic E-state index is 12.2. The van der Waals surface area contributed by atoms with E-state index in [1.807, 2.05) is 24.3 Å². The lowest BCUT2D eigenvalue weighted by molar-refractivity contribution is -0.113. The second kappa shape index (κ2) is 10.5. The first-order chi connectivity index (χ1) is 12.1. The molecule has 0 aliphatic heterocycles. The Balaban J connectivity index is 1.75. The number of aryl methyl sites for hydroxylation is 2. The fourth-order valence-electron chi connectivity index (χ4n) is 2.49. The lowest BCUT2D eigenvalue weighted by Gasteiger charge is -2.14. The SMILES string of the molecule is CCc1cccc(CC)c1NC(=O)CSCCOc1ccc(Br)cc1. The van der Waals surface area contributed by atoms with Crippen molar-refractivity contribution in [3.05, 3.63) is 58.1 Å². The molecule has 1 N–H and O–H groups in total. The van der Waals surface area contributed by atoms with E-state index in [1.165, 1.54) is 11.1 Å². The summed E-state index contributed by atoms with van der Waals surface area (Å²) in [6.07, 6.45) is 1.83. The molecule has 0 radical (unpaired) electrons. The van der Waals surface area contributed by atoms with Gasteiger partial charge in [0.2, 0.25) is 5.91 Å². The number of halogens is 1. The fourth-order valence-corrected chi connectivity index (χ4v) is 3.36. The highest BCUT2D eigenvalue weighted by atomic mass is 79.9. The first kappa shape index (κ1) is 19.9. The zero-order chi connectivity index (χ0) is 18.1. The van der Waals surface area contributed by atoms with Crippen LogP contribution in [0.3, 0.4) is 0 Å². The summed E-state index contributed by atoms with van der Waals surface area (Å²) in [4.78, 5) is 12.2. The molecule has 0 saturated carbocycles. The van der Waals surface area contributed by atoms with Crippen LogP contribution in [0.25, 0.3) is 0 Å². The van der Waals surface area contributed by atoms with Gasteiger partial charge in [0.15, 0.2) is 0 Å². The van der Waals surface area contributed by atoms with E-state index in [4.69, 9.17) is 4.74 Å². The molecule has 0 bridgehead atoms. The van der Waals surface area contributed by atoms with E-state index in [0.717, 1.165) is 34.5 Å². The Morgan fingerprint density at radius 1 is 1.08 bits per heavy atom. The summed E-state index contributed by atoms with van der Waals surface area (Å²) in [6.45, 7) is 4.81. The third kappa shape index (κ3) is 6.40. The van der Waals surface area contributed by atoms with Crippen LogP contribution in [0.1, 0.15) is 25.0 Å². The summed E-state index contributed by atoms with van der Waals surface area (Å²) in [7, 11) is 0. The summed E-state index contributed by atoms with van der Waals surface area (Å²) in [5, 5.41) is 3.09. The van der Waals surface area contributed by atoms with Gasteiger partial charge in [0.1, 0.15) is 5.75 Å². The maximum Gasteiger partial charge on any atom is 0.234 e. The second-order valence-corrected chi connectivity index (χ2v) is 7.58. The highest BCUT2D eigenvalue weighted by molar-refractivity contribution is 9.10. The average molecular weight is 422 g/mol. The van der Waals surface area contributed by atoms with E-state index in [1.54, 1.807) is 11.8 Å². The van der Waals surface area contributed by atoms with E-state index < -0.39 is 0 Å². The standard InChI is InChI=1S/C20H24BrNO2S/c1-3-15-6-5-7-16(4-2)20(15)22-19(23)14-25-13-12-24-18-10-8-17(21)9-11-18/h5-11H,3-4,12-14H2,1-2H3,(H,22,23).